The third kappa shape index (κ3) is 5.48. The van der Waals surface area contributed by atoms with Crippen LogP contribution in [0.25, 0.3) is 0 Å². The topological polar surface area (TPSA) is 85.0 Å². The molecule has 0 spiro atoms. The second-order valence-corrected chi connectivity index (χ2v) is 6.08. The molecule has 1 saturated carbocycles. The van der Waals surface area contributed by atoms with Gasteiger partial charge in [-0.25, -0.2) is 0 Å². The van der Waals surface area contributed by atoms with Crippen LogP contribution in [0.3, 0.4) is 0 Å². The van der Waals surface area contributed by atoms with Gasteiger partial charge >= 0.3 is 5.69 Å². The summed E-state index contributed by atoms with van der Waals surface area (Å²) >= 11 is 5.82. The lowest BCUT2D eigenvalue weighted by Crippen LogP contribution is -2.17. The number of halogens is 1. The molecular formula is C16H21ClN2O4. The zero-order valence-electron chi connectivity index (χ0n) is 12.9. The fourth-order valence-corrected chi connectivity index (χ4v) is 2.86. The Morgan fingerprint density at radius 2 is 2.13 bits per heavy atom. The summed E-state index contributed by atoms with van der Waals surface area (Å²) in [4.78, 5) is 14.3. The minimum Gasteiger partial charge on any atom is -0.502 e. The standard InChI is InChI=1S/C16H21ClN2O4/c17-13-9-12(16(20)15(10-13)19(21)22)11-18-7-4-8-23-14-5-2-1-3-6-14/h9-11,14,20H,1-8H2. The zero-order chi connectivity index (χ0) is 16.7. The lowest BCUT2D eigenvalue weighted by atomic mass is 9.98. The molecule has 0 bridgehead atoms. The number of hydrogen-bond donors (Lipinski definition) is 1. The fraction of sp³-hybridized carbons (Fsp3) is 0.562. The monoisotopic (exact) mass is 340 g/mol. The molecule has 1 aromatic rings. The maximum atomic E-state index is 10.8. The van der Waals surface area contributed by atoms with Gasteiger partial charge in [0.15, 0.2) is 0 Å². The summed E-state index contributed by atoms with van der Waals surface area (Å²) in [6, 6.07) is 2.57. The quantitative estimate of drug-likeness (QED) is 0.350. The Balaban J connectivity index is 1.80. The van der Waals surface area contributed by atoms with Gasteiger partial charge in [0.1, 0.15) is 0 Å². The molecule has 1 N–H and O–H groups in total. The molecule has 1 aromatic carbocycles. The van der Waals surface area contributed by atoms with E-state index in [0.717, 1.165) is 25.3 Å². The molecule has 1 aliphatic rings. The SMILES string of the molecule is O=[N+]([O-])c1cc(Cl)cc(C=NCCCOC2CCCCC2)c1O. The molecule has 0 heterocycles. The van der Waals surface area contributed by atoms with Gasteiger partial charge in [0.05, 0.1) is 11.0 Å². The van der Waals surface area contributed by atoms with E-state index in [2.05, 4.69) is 4.99 Å². The molecule has 126 valence electrons. The third-order valence-corrected chi connectivity index (χ3v) is 4.07. The summed E-state index contributed by atoms with van der Waals surface area (Å²) in [7, 11) is 0. The third-order valence-electron chi connectivity index (χ3n) is 3.85. The van der Waals surface area contributed by atoms with Crippen molar-refractivity contribution < 1.29 is 14.8 Å². The lowest BCUT2D eigenvalue weighted by molar-refractivity contribution is -0.385. The summed E-state index contributed by atoms with van der Waals surface area (Å²) in [6.07, 6.45) is 8.65. The highest BCUT2D eigenvalue weighted by atomic mass is 35.5. The predicted molar refractivity (Wildman–Crippen MR) is 89.7 cm³/mol. The van der Waals surface area contributed by atoms with Gasteiger partial charge in [-0.2, -0.15) is 0 Å². The Bertz CT molecular complexity index is 571. The first-order valence-electron chi connectivity index (χ1n) is 7.86. The van der Waals surface area contributed by atoms with Crippen molar-refractivity contribution in [1.82, 2.24) is 0 Å². The Morgan fingerprint density at radius 1 is 1.39 bits per heavy atom. The number of nitro groups is 1. The predicted octanol–water partition coefficient (Wildman–Crippen LogP) is 4.11. The van der Waals surface area contributed by atoms with Gasteiger partial charge in [0.2, 0.25) is 5.75 Å². The molecule has 1 fully saturated rings. The van der Waals surface area contributed by atoms with Crippen LogP contribution in [0.4, 0.5) is 5.69 Å². The van der Waals surface area contributed by atoms with E-state index >= 15 is 0 Å². The number of phenols is 1. The smallest absolute Gasteiger partial charge is 0.312 e. The zero-order valence-corrected chi connectivity index (χ0v) is 13.7. The highest BCUT2D eigenvalue weighted by Crippen LogP contribution is 2.32. The van der Waals surface area contributed by atoms with E-state index in [4.69, 9.17) is 16.3 Å². The first-order chi connectivity index (χ1) is 11.1. The summed E-state index contributed by atoms with van der Waals surface area (Å²) in [6.45, 7) is 1.19. The summed E-state index contributed by atoms with van der Waals surface area (Å²) < 4.78 is 5.79. The van der Waals surface area contributed by atoms with Crippen molar-refractivity contribution in [1.29, 1.82) is 0 Å². The molecule has 0 unspecified atom stereocenters. The number of phenolic OH excluding ortho intramolecular Hbond substituents is 1. The van der Waals surface area contributed by atoms with E-state index in [-0.39, 0.29) is 10.6 Å². The van der Waals surface area contributed by atoms with Gasteiger partial charge < -0.3 is 9.84 Å². The van der Waals surface area contributed by atoms with Gasteiger partial charge in [-0.3, -0.25) is 15.1 Å². The Hall–Kier alpha value is -1.66. The summed E-state index contributed by atoms with van der Waals surface area (Å²) in [5.74, 6) is -0.415. The van der Waals surface area contributed by atoms with E-state index in [1.807, 2.05) is 0 Å². The molecule has 23 heavy (non-hydrogen) atoms. The van der Waals surface area contributed by atoms with Crippen molar-refractivity contribution in [2.45, 2.75) is 44.6 Å². The Morgan fingerprint density at radius 3 is 2.83 bits per heavy atom. The molecule has 7 heteroatoms. The van der Waals surface area contributed by atoms with E-state index < -0.39 is 16.4 Å². The van der Waals surface area contributed by atoms with Crippen molar-refractivity contribution in [3.8, 4) is 5.75 Å². The highest BCUT2D eigenvalue weighted by Gasteiger charge is 2.17. The maximum Gasteiger partial charge on any atom is 0.312 e. The molecule has 0 aliphatic heterocycles. The molecule has 0 amide bonds. The minimum atomic E-state index is -0.670. The van der Waals surface area contributed by atoms with Gasteiger partial charge in [-0.1, -0.05) is 30.9 Å². The van der Waals surface area contributed by atoms with E-state index in [0.29, 0.717) is 19.3 Å². The average Bonchev–Trinajstić information content (AvgIpc) is 2.54. The Kier molecular flexibility index (Phi) is 6.80. The first-order valence-corrected chi connectivity index (χ1v) is 8.24. The number of ether oxygens (including phenoxy) is 1. The normalized spacial score (nSPS) is 16.0. The highest BCUT2D eigenvalue weighted by molar-refractivity contribution is 6.31. The van der Waals surface area contributed by atoms with Crippen molar-refractivity contribution in [2.24, 2.45) is 4.99 Å². The van der Waals surface area contributed by atoms with Crippen LogP contribution in [0.15, 0.2) is 17.1 Å². The van der Waals surface area contributed by atoms with Crippen LogP contribution in [-0.4, -0.2) is 35.5 Å². The van der Waals surface area contributed by atoms with Gasteiger partial charge in [-0.05, 0) is 25.3 Å². The number of aromatic hydroxyl groups is 1. The molecule has 0 atom stereocenters. The van der Waals surface area contributed by atoms with Crippen molar-refractivity contribution in [3.05, 3.63) is 32.8 Å². The van der Waals surface area contributed by atoms with E-state index in [1.165, 1.54) is 31.5 Å². The molecular weight excluding hydrogens is 320 g/mol. The summed E-state index contributed by atoms with van der Waals surface area (Å²) in [5.41, 5.74) is -0.169. The van der Waals surface area contributed by atoms with Gasteiger partial charge in [0.25, 0.3) is 0 Å². The van der Waals surface area contributed by atoms with Gasteiger partial charge in [-0.15, -0.1) is 0 Å². The van der Waals surface area contributed by atoms with Crippen molar-refractivity contribution in [3.63, 3.8) is 0 Å². The van der Waals surface area contributed by atoms with Crippen LogP contribution in [0, 0.1) is 10.1 Å². The van der Waals surface area contributed by atoms with E-state index in [1.54, 1.807) is 0 Å². The van der Waals surface area contributed by atoms with Crippen LogP contribution in [0.1, 0.15) is 44.1 Å². The molecule has 6 nitrogen and oxygen atoms in total. The fourth-order valence-electron chi connectivity index (χ4n) is 2.64. The molecule has 0 saturated heterocycles. The van der Waals surface area contributed by atoms with Crippen LogP contribution in [0.2, 0.25) is 5.02 Å². The van der Waals surface area contributed by atoms with Crippen LogP contribution >= 0.6 is 11.6 Å². The average molecular weight is 341 g/mol. The number of nitrogens with zero attached hydrogens (tertiary/aromatic N) is 2. The second kappa shape index (κ2) is 8.84. The minimum absolute atomic E-state index is 0.191. The first kappa shape index (κ1) is 17.7. The largest absolute Gasteiger partial charge is 0.502 e. The number of aliphatic imine (C=N–C) groups is 1. The van der Waals surface area contributed by atoms with Crippen molar-refractivity contribution in [2.75, 3.05) is 13.2 Å². The number of rotatable bonds is 7. The Labute approximate surface area is 140 Å². The number of nitro benzene ring substituents is 1. The lowest BCUT2D eigenvalue weighted by Gasteiger charge is -2.21. The van der Waals surface area contributed by atoms with Crippen LogP contribution in [0.5, 0.6) is 5.75 Å². The maximum absolute atomic E-state index is 10.8. The van der Waals surface area contributed by atoms with Crippen LogP contribution in [-0.2, 0) is 4.74 Å². The van der Waals surface area contributed by atoms with Gasteiger partial charge in [0, 0.05) is 36.0 Å². The molecule has 1 aliphatic carbocycles. The molecule has 0 radical (unpaired) electrons. The number of benzene rings is 1. The molecule has 0 aromatic heterocycles. The van der Waals surface area contributed by atoms with E-state index in [9.17, 15) is 15.2 Å². The molecule has 2 rings (SSSR count). The second-order valence-electron chi connectivity index (χ2n) is 5.64. The summed E-state index contributed by atoms with van der Waals surface area (Å²) in [5, 5.41) is 20.8. The number of hydrogen-bond acceptors (Lipinski definition) is 5. The van der Waals surface area contributed by atoms with Crippen LogP contribution < -0.4 is 0 Å². The van der Waals surface area contributed by atoms with Crippen molar-refractivity contribution >= 4 is 23.5 Å².